The van der Waals surface area contributed by atoms with E-state index in [0.717, 1.165) is 0 Å². The van der Waals surface area contributed by atoms with Gasteiger partial charge in [0.05, 0.1) is 18.6 Å². The number of hydrogen-bond acceptors (Lipinski definition) is 4. The van der Waals surface area contributed by atoms with Gasteiger partial charge in [0.2, 0.25) is 5.91 Å². The van der Waals surface area contributed by atoms with Gasteiger partial charge in [0.25, 0.3) is 0 Å². The van der Waals surface area contributed by atoms with Gasteiger partial charge in [-0.25, -0.2) is 9.59 Å². The number of ether oxygens (including phenoxy) is 1. The first-order valence-corrected chi connectivity index (χ1v) is 6.13. The van der Waals surface area contributed by atoms with Crippen molar-refractivity contribution in [1.82, 2.24) is 5.32 Å². The molecule has 114 valence electrons. The zero-order valence-corrected chi connectivity index (χ0v) is 11.8. The quantitative estimate of drug-likeness (QED) is 0.616. The Morgan fingerprint density at radius 3 is 2.62 bits per heavy atom. The van der Waals surface area contributed by atoms with E-state index in [1.165, 1.54) is 25.3 Å². The number of methoxy groups -OCH3 is 1. The second-order valence-electron chi connectivity index (χ2n) is 4.01. The van der Waals surface area contributed by atoms with Gasteiger partial charge in [-0.1, -0.05) is 11.6 Å². The van der Waals surface area contributed by atoms with Crippen LogP contribution in [0.15, 0.2) is 18.2 Å². The first-order chi connectivity index (χ1) is 9.83. The third kappa shape index (κ3) is 5.19. The van der Waals surface area contributed by atoms with E-state index >= 15 is 0 Å². The summed E-state index contributed by atoms with van der Waals surface area (Å²) in [7, 11) is 1.42. The number of nitrogens with two attached hydrogens (primary N) is 1. The molecule has 1 aromatic rings. The van der Waals surface area contributed by atoms with Crippen LogP contribution in [0.4, 0.5) is 10.5 Å². The zero-order chi connectivity index (χ0) is 16.0. The van der Waals surface area contributed by atoms with Gasteiger partial charge >= 0.3 is 12.0 Å². The molecule has 9 heteroatoms. The molecule has 0 unspecified atom stereocenters. The molecule has 0 aliphatic heterocycles. The van der Waals surface area contributed by atoms with Crippen LogP contribution >= 0.6 is 11.6 Å². The average Bonchev–Trinajstić information content (AvgIpc) is 2.39. The van der Waals surface area contributed by atoms with Gasteiger partial charge in [0.15, 0.2) is 0 Å². The Hall–Kier alpha value is -2.48. The van der Waals surface area contributed by atoms with Crippen molar-refractivity contribution in [1.29, 1.82) is 0 Å². The first kappa shape index (κ1) is 16.6. The highest BCUT2D eigenvalue weighted by Crippen LogP contribution is 2.27. The lowest BCUT2D eigenvalue weighted by Crippen LogP contribution is -2.45. The Morgan fingerprint density at radius 1 is 1.43 bits per heavy atom. The van der Waals surface area contributed by atoms with E-state index in [0.29, 0.717) is 16.5 Å². The summed E-state index contributed by atoms with van der Waals surface area (Å²) in [6.07, 6.45) is -0.507. The van der Waals surface area contributed by atoms with Crippen LogP contribution in [-0.4, -0.2) is 36.2 Å². The topological polar surface area (TPSA) is 131 Å². The second kappa shape index (κ2) is 7.34. The van der Waals surface area contributed by atoms with Crippen molar-refractivity contribution < 1.29 is 24.2 Å². The normalized spacial score (nSPS) is 11.3. The Labute approximate surface area is 125 Å². The molecule has 0 aliphatic rings. The number of carbonyl (C=O) groups excluding carboxylic acids is 2. The molecule has 21 heavy (non-hydrogen) atoms. The SMILES string of the molecule is COc1cc(NC(=O)N[C@H](CC(N)=O)C(=O)O)ccc1Cl. The number of carbonyl (C=O) groups is 3. The summed E-state index contributed by atoms with van der Waals surface area (Å²) in [5.74, 6) is -1.85. The molecule has 1 atom stereocenters. The predicted octanol–water partition coefficient (Wildman–Crippen LogP) is 0.799. The minimum atomic E-state index is -1.41. The van der Waals surface area contributed by atoms with Crippen molar-refractivity contribution in [2.45, 2.75) is 12.5 Å². The molecule has 1 rings (SSSR count). The number of rotatable bonds is 6. The number of halogens is 1. The molecular formula is C12H14ClN3O5. The van der Waals surface area contributed by atoms with Crippen LogP contribution < -0.4 is 21.1 Å². The summed E-state index contributed by atoms with van der Waals surface area (Å²) in [5.41, 5.74) is 5.25. The Morgan fingerprint density at radius 2 is 2.10 bits per heavy atom. The number of carboxylic acid groups (broad SMARTS) is 1. The smallest absolute Gasteiger partial charge is 0.326 e. The fourth-order valence-corrected chi connectivity index (χ4v) is 1.66. The molecule has 0 heterocycles. The van der Waals surface area contributed by atoms with Crippen molar-refractivity contribution >= 4 is 35.2 Å². The Bertz CT molecular complexity index is 564. The number of benzene rings is 1. The number of primary amides is 1. The lowest BCUT2D eigenvalue weighted by atomic mass is 10.2. The maximum absolute atomic E-state index is 11.7. The molecule has 8 nitrogen and oxygen atoms in total. The first-order valence-electron chi connectivity index (χ1n) is 5.75. The van der Waals surface area contributed by atoms with E-state index in [9.17, 15) is 14.4 Å². The standard InChI is InChI=1S/C12H14ClN3O5/c1-21-9-4-6(2-3-7(9)13)15-12(20)16-8(11(18)19)5-10(14)17/h2-4,8H,5H2,1H3,(H2,14,17)(H,18,19)(H2,15,16,20)/t8-/m1/s1. The fraction of sp³-hybridized carbons (Fsp3) is 0.250. The summed E-state index contributed by atoms with van der Waals surface area (Å²) >= 11 is 5.83. The fourth-order valence-electron chi connectivity index (χ4n) is 1.46. The number of hydrogen-bond donors (Lipinski definition) is 4. The van der Waals surface area contributed by atoms with Crippen LogP contribution in [-0.2, 0) is 9.59 Å². The summed E-state index contributed by atoms with van der Waals surface area (Å²) in [5, 5.41) is 13.8. The summed E-state index contributed by atoms with van der Waals surface area (Å²) in [6.45, 7) is 0. The predicted molar refractivity (Wildman–Crippen MR) is 75.4 cm³/mol. The van der Waals surface area contributed by atoms with E-state index in [-0.39, 0.29) is 0 Å². The second-order valence-corrected chi connectivity index (χ2v) is 4.42. The van der Waals surface area contributed by atoms with Gasteiger partial charge in [0.1, 0.15) is 11.8 Å². The van der Waals surface area contributed by atoms with Crippen molar-refractivity contribution in [3.8, 4) is 5.75 Å². The number of amides is 3. The van der Waals surface area contributed by atoms with Gasteiger partial charge in [0, 0.05) is 11.8 Å². The third-order valence-electron chi connectivity index (χ3n) is 2.42. The largest absolute Gasteiger partial charge is 0.495 e. The van der Waals surface area contributed by atoms with E-state index in [1.807, 2.05) is 0 Å². The van der Waals surface area contributed by atoms with Crippen molar-refractivity contribution in [2.75, 3.05) is 12.4 Å². The zero-order valence-electron chi connectivity index (χ0n) is 11.1. The molecule has 0 saturated heterocycles. The van der Waals surface area contributed by atoms with E-state index in [4.69, 9.17) is 27.2 Å². The van der Waals surface area contributed by atoms with Crippen LogP contribution in [0.3, 0.4) is 0 Å². The molecule has 5 N–H and O–H groups in total. The highest BCUT2D eigenvalue weighted by Gasteiger charge is 2.22. The summed E-state index contributed by atoms with van der Waals surface area (Å²) in [4.78, 5) is 33.3. The van der Waals surface area contributed by atoms with Gasteiger partial charge < -0.3 is 26.2 Å². The number of aliphatic carboxylic acids is 1. The number of nitrogens with one attached hydrogen (secondary N) is 2. The molecule has 0 radical (unpaired) electrons. The van der Waals surface area contributed by atoms with Gasteiger partial charge in [-0.05, 0) is 12.1 Å². The van der Waals surface area contributed by atoms with E-state index < -0.39 is 30.4 Å². The number of anilines is 1. The molecule has 1 aromatic carbocycles. The lowest BCUT2D eigenvalue weighted by molar-refractivity contribution is -0.140. The molecule has 0 bridgehead atoms. The summed E-state index contributed by atoms with van der Waals surface area (Å²) in [6, 6.07) is 2.28. The van der Waals surface area contributed by atoms with Gasteiger partial charge in [-0.2, -0.15) is 0 Å². The molecule has 0 saturated carbocycles. The van der Waals surface area contributed by atoms with Crippen LogP contribution in [0.2, 0.25) is 5.02 Å². The molecule has 0 spiro atoms. The minimum Gasteiger partial charge on any atom is -0.495 e. The molecule has 0 aromatic heterocycles. The van der Waals surface area contributed by atoms with E-state index in [1.54, 1.807) is 0 Å². The maximum atomic E-state index is 11.7. The Kier molecular flexibility index (Phi) is 5.79. The third-order valence-corrected chi connectivity index (χ3v) is 2.73. The highest BCUT2D eigenvalue weighted by molar-refractivity contribution is 6.32. The van der Waals surface area contributed by atoms with Crippen LogP contribution in [0.1, 0.15) is 6.42 Å². The summed E-state index contributed by atoms with van der Waals surface area (Å²) < 4.78 is 4.98. The number of urea groups is 1. The lowest BCUT2D eigenvalue weighted by Gasteiger charge is -2.14. The van der Waals surface area contributed by atoms with Crippen molar-refractivity contribution in [3.05, 3.63) is 23.2 Å². The van der Waals surface area contributed by atoms with Crippen LogP contribution in [0.5, 0.6) is 5.75 Å². The Balaban J connectivity index is 2.72. The maximum Gasteiger partial charge on any atom is 0.326 e. The van der Waals surface area contributed by atoms with Crippen LogP contribution in [0, 0.1) is 0 Å². The van der Waals surface area contributed by atoms with Crippen molar-refractivity contribution in [3.63, 3.8) is 0 Å². The monoisotopic (exact) mass is 315 g/mol. The van der Waals surface area contributed by atoms with E-state index in [2.05, 4.69) is 10.6 Å². The number of carboxylic acids is 1. The van der Waals surface area contributed by atoms with Crippen molar-refractivity contribution in [2.24, 2.45) is 5.73 Å². The van der Waals surface area contributed by atoms with Gasteiger partial charge in [-0.3, -0.25) is 4.79 Å². The van der Waals surface area contributed by atoms with Gasteiger partial charge in [-0.15, -0.1) is 0 Å². The minimum absolute atomic E-state index is 0.344. The highest BCUT2D eigenvalue weighted by atomic mass is 35.5. The molecule has 0 fully saturated rings. The van der Waals surface area contributed by atoms with Crippen LogP contribution in [0.25, 0.3) is 0 Å². The molecule has 3 amide bonds. The molecular weight excluding hydrogens is 302 g/mol. The average molecular weight is 316 g/mol. The molecule has 0 aliphatic carbocycles.